The monoisotopic (exact) mass is 364 g/mol. The van der Waals surface area contributed by atoms with Crippen molar-refractivity contribution in [3.05, 3.63) is 73.3 Å². The van der Waals surface area contributed by atoms with E-state index in [-0.39, 0.29) is 12.4 Å². The maximum absolute atomic E-state index is 6.29. The molecule has 0 fully saturated rings. The Hall–Kier alpha value is -0.687. The predicted octanol–water partition coefficient (Wildman–Crippen LogP) is 4.14. The molecule has 0 amide bonds. The molecule has 3 heteroatoms. The molecule has 0 unspecified atom stereocenters. The van der Waals surface area contributed by atoms with E-state index in [4.69, 9.17) is 2.81 Å². The summed E-state index contributed by atoms with van der Waals surface area (Å²) in [5.41, 5.74) is 0. The Bertz CT molecular complexity index is 554. The molecule has 0 N–H and O–H groups in total. The van der Waals surface area contributed by atoms with Gasteiger partial charge in [-0.3, -0.25) is 0 Å². The normalized spacial score (nSPS) is 16.9. The van der Waals surface area contributed by atoms with Gasteiger partial charge in [-0.1, -0.05) is 0 Å². The molecule has 2 aliphatic rings. The molecule has 1 nitrogen and oxygen atoms in total. The smallest absolute Gasteiger partial charge is 0.147 e. The number of hydrogen-bond donors (Lipinski definition) is 0. The van der Waals surface area contributed by atoms with E-state index in [1.54, 1.807) is 0 Å². The molecule has 104 valence electrons. The minimum absolute atomic E-state index is 0. The van der Waals surface area contributed by atoms with Crippen LogP contribution in [0.25, 0.3) is 0 Å². The third-order valence-electron chi connectivity index (χ3n) is 3.93. The summed E-state index contributed by atoms with van der Waals surface area (Å²) < 4.78 is 10.8. The number of hydrogen-bond acceptors (Lipinski definition) is 1. The molecule has 0 heterocycles. The van der Waals surface area contributed by atoms with Gasteiger partial charge >= 0.3 is 120 Å². The van der Waals surface area contributed by atoms with Crippen LogP contribution in [-0.4, -0.2) is 7.11 Å². The topological polar surface area (TPSA) is 9.23 Å². The quantitative estimate of drug-likeness (QED) is 0.779. The van der Waals surface area contributed by atoms with Crippen LogP contribution in [0, 0.1) is 0 Å². The molecule has 0 radical (unpaired) electrons. The van der Waals surface area contributed by atoms with Gasteiger partial charge in [-0.25, -0.2) is 0 Å². The van der Waals surface area contributed by atoms with Crippen LogP contribution in [0.3, 0.4) is 0 Å². The van der Waals surface area contributed by atoms with E-state index in [1.165, 1.54) is 9.83 Å². The Kier molecular flexibility index (Phi) is 5.37. The minimum atomic E-state index is -3.09. The Morgan fingerprint density at radius 3 is 1.85 bits per heavy atom. The second-order valence-electron chi connectivity index (χ2n) is 4.90. The summed E-state index contributed by atoms with van der Waals surface area (Å²) in [6.45, 7) is 0. The molecule has 0 aromatic heterocycles. The standard InChI is InChI=1S/C6H5.2C5H5.CH3O.ClH.Zr/c1-2-4-6-5-3-1;2*1-2-4-5-3-1;1-2;;/h1-5H;2*1-3H,4H2;1H3;1H;/q;;;-1;;+1. The third-order valence-corrected chi connectivity index (χ3v) is 14.5. The van der Waals surface area contributed by atoms with E-state index in [1.807, 2.05) is 7.11 Å². The number of halogens is 1. The van der Waals surface area contributed by atoms with E-state index in [9.17, 15) is 0 Å². The fraction of sp³-hybridized carbons (Fsp3) is 0.176. The van der Waals surface area contributed by atoms with Crippen molar-refractivity contribution in [1.29, 1.82) is 0 Å². The van der Waals surface area contributed by atoms with Crippen molar-refractivity contribution in [2.75, 3.05) is 7.11 Å². The van der Waals surface area contributed by atoms with Crippen LogP contribution in [0.5, 0.6) is 0 Å². The Morgan fingerprint density at radius 2 is 1.45 bits per heavy atom. The van der Waals surface area contributed by atoms with Crippen molar-refractivity contribution in [1.82, 2.24) is 0 Å². The van der Waals surface area contributed by atoms with Crippen LogP contribution in [0.1, 0.15) is 12.8 Å². The first-order valence-electron chi connectivity index (χ1n) is 6.71. The Morgan fingerprint density at radius 1 is 0.900 bits per heavy atom. The van der Waals surface area contributed by atoms with Crippen molar-refractivity contribution in [3.63, 3.8) is 0 Å². The molecule has 0 saturated carbocycles. The average Bonchev–Trinajstić information content (AvgIpc) is 3.15. The first-order chi connectivity index (χ1) is 9.38. The van der Waals surface area contributed by atoms with Gasteiger partial charge in [-0.15, -0.1) is 12.4 Å². The summed E-state index contributed by atoms with van der Waals surface area (Å²) in [4.78, 5) is 0. The zero-order valence-electron chi connectivity index (χ0n) is 11.6. The van der Waals surface area contributed by atoms with Gasteiger partial charge in [0.2, 0.25) is 0 Å². The Labute approximate surface area is 132 Å². The van der Waals surface area contributed by atoms with Crippen LogP contribution in [0.2, 0.25) is 0 Å². The largest absolute Gasteiger partial charge is 0.147 e. The summed E-state index contributed by atoms with van der Waals surface area (Å²) in [6, 6.07) is 10.8. The van der Waals surface area contributed by atoms with Crippen molar-refractivity contribution >= 4 is 15.7 Å². The van der Waals surface area contributed by atoms with Crippen LogP contribution in [0.4, 0.5) is 0 Å². The molecule has 20 heavy (non-hydrogen) atoms. The number of allylic oxidation sites excluding steroid dienone is 8. The van der Waals surface area contributed by atoms with Gasteiger partial charge in [-0.05, 0) is 0 Å². The molecule has 1 aromatic rings. The van der Waals surface area contributed by atoms with Crippen molar-refractivity contribution in [2.24, 2.45) is 0 Å². The van der Waals surface area contributed by atoms with Gasteiger partial charge in [-0.2, -0.15) is 0 Å². The fourth-order valence-electron chi connectivity index (χ4n) is 3.05. The molecule has 0 atom stereocenters. The molecule has 0 saturated heterocycles. The summed E-state index contributed by atoms with van der Waals surface area (Å²) >= 11 is -3.09. The van der Waals surface area contributed by atoms with Gasteiger partial charge in [0.15, 0.2) is 0 Å². The fourth-order valence-corrected chi connectivity index (χ4v) is 13.0. The third kappa shape index (κ3) is 2.57. The van der Waals surface area contributed by atoms with Gasteiger partial charge in [0.05, 0.1) is 0 Å². The minimum Gasteiger partial charge on any atom is -0.147 e. The van der Waals surface area contributed by atoms with Crippen LogP contribution in [0.15, 0.2) is 73.3 Å². The van der Waals surface area contributed by atoms with Crippen LogP contribution >= 0.6 is 12.4 Å². The second kappa shape index (κ2) is 6.85. The first-order valence-corrected chi connectivity index (χ1v) is 11.4. The van der Waals surface area contributed by atoms with E-state index in [0.717, 1.165) is 12.8 Å². The van der Waals surface area contributed by atoms with E-state index in [2.05, 4.69) is 66.8 Å². The van der Waals surface area contributed by atoms with Crippen LogP contribution < -0.4 is 3.27 Å². The van der Waals surface area contributed by atoms with Crippen LogP contribution in [-0.2, 0) is 23.5 Å². The van der Waals surface area contributed by atoms with Crippen molar-refractivity contribution in [2.45, 2.75) is 12.8 Å². The maximum atomic E-state index is 6.29. The molecule has 0 spiro atoms. The SMILES string of the molecule is C[O][Zr]([C]1=CC=CC1)([C]1=CC=CC1)[c]1ccccc1.Cl. The van der Waals surface area contributed by atoms with Gasteiger partial charge < -0.3 is 0 Å². The first kappa shape index (κ1) is 15.7. The molecular weight excluding hydrogens is 347 g/mol. The number of benzene rings is 1. The molecule has 3 rings (SSSR count). The van der Waals surface area contributed by atoms with Gasteiger partial charge in [0, 0.05) is 0 Å². The summed E-state index contributed by atoms with van der Waals surface area (Å²) in [7, 11) is 1.90. The van der Waals surface area contributed by atoms with E-state index >= 15 is 0 Å². The average molecular weight is 366 g/mol. The molecule has 1 aromatic carbocycles. The Balaban J connectivity index is 0.00000147. The van der Waals surface area contributed by atoms with Crippen molar-refractivity contribution in [3.8, 4) is 0 Å². The number of rotatable bonds is 4. The molecule has 2 aliphatic carbocycles. The molecule has 0 bridgehead atoms. The summed E-state index contributed by atoms with van der Waals surface area (Å²) in [6.07, 6.45) is 15.5. The second-order valence-corrected chi connectivity index (χ2v) is 13.8. The van der Waals surface area contributed by atoms with E-state index in [0.29, 0.717) is 0 Å². The predicted molar refractivity (Wildman–Crippen MR) is 84.0 cm³/mol. The summed E-state index contributed by atoms with van der Waals surface area (Å²) in [5, 5.41) is 0. The zero-order valence-corrected chi connectivity index (χ0v) is 14.9. The molecular formula is C17H19ClOZr. The zero-order chi connectivity index (χ0) is 13.1. The van der Waals surface area contributed by atoms with Gasteiger partial charge in [0.1, 0.15) is 0 Å². The van der Waals surface area contributed by atoms with Gasteiger partial charge in [0.25, 0.3) is 0 Å². The molecule has 0 aliphatic heterocycles. The summed E-state index contributed by atoms with van der Waals surface area (Å²) in [5.74, 6) is 0. The van der Waals surface area contributed by atoms with Crippen molar-refractivity contribution < 1.29 is 23.5 Å². The van der Waals surface area contributed by atoms with E-state index < -0.39 is 20.7 Å². The maximum Gasteiger partial charge on any atom is -0.147 e.